The summed E-state index contributed by atoms with van der Waals surface area (Å²) >= 11 is 0. The molecule has 4 heterocycles. The maximum Gasteiger partial charge on any atom is 0.249 e. The molecular formula is C24H23N7O. The van der Waals surface area contributed by atoms with Crippen LogP contribution in [-0.4, -0.2) is 30.6 Å². The van der Waals surface area contributed by atoms with Crippen LogP contribution < -0.4 is 11.1 Å². The number of pyridine rings is 3. The summed E-state index contributed by atoms with van der Waals surface area (Å²) in [5.74, 6) is 1.07. The summed E-state index contributed by atoms with van der Waals surface area (Å²) in [6.07, 6.45) is 10.5. The van der Waals surface area contributed by atoms with Gasteiger partial charge in [0.05, 0.1) is 11.4 Å². The number of hydrogen-bond donors (Lipinski definition) is 2. The van der Waals surface area contributed by atoms with Crippen molar-refractivity contribution < 1.29 is 4.79 Å². The third kappa shape index (κ3) is 3.82. The Bertz CT molecular complexity index is 1360. The average Bonchev–Trinajstić information content (AvgIpc) is 3.16. The van der Waals surface area contributed by atoms with Gasteiger partial charge in [0.25, 0.3) is 0 Å². The van der Waals surface area contributed by atoms with Gasteiger partial charge < -0.3 is 11.1 Å². The summed E-state index contributed by atoms with van der Waals surface area (Å²) in [7, 11) is 1.91. The fraction of sp³-hybridized carbons (Fsp3) is 0.208. The number of rotatable bonds is 4. The van der Waals surface area contributed by atoms with E-state index in [2.05, 4.69) is 25.4 Å². The minimum atomic E-state index is -0.184. The van der Waals surface area contributed by atoms with Gasteiger partial charge in [-0.1, -0.05) is 5.57 Å². The summed E-state index contributed by atoms with van der Waals surface area (Å²) in [5.41, 5.74) is 11.1. The lowest BCUT2D eigenvalue weighted by molar-refractivity contribution is -0.112. The van der Waals surface area contributed by atoms with Crippen molar-refractivity contribution in [2.24, 2.45) is 7.05 Å². The standard InChI is InChI=1S/C24H23N7O/c1-14-3-5-26-12-18(14)21-10-16-11-22(27-13-19(16)24(25)28-21)29-23(32)9-15-7-17(8-15)20-4-6-31(2)30-20/h3-6,9-13,17H,7-8H2,1-2H3,(H2,25,28)(H,27,29,32). The number of anilines is 2. The number of fused-ring (bicyclic) bond motifs is 1. The zero-order valence-corrected chi connectivity index (χ0v) is 17.9. The summed E-state index contributed by atoms with van der Waals surface area (Å²) in [5, 5.41) is 8.90. The molecule has 1 amide bonds. The third-order valence-electron chi connectivity index (χ3n) is 5.82. The molecule has 4 aromatic heterocycles. The van der Waals surface area contributed by atoms with Crippen molar-refractivity contribution in [1.29, 1.82) is 0 Å². The van der Waals surface area contributed by atoms with Crippen molar-refractivity contribution >= 4 is 28.3 Å². The molecule has 0 spiro atoms. The largest absolute Gasteiger partial charge is 0.383 e. The quantitative estimate of drug-likeness (QED) is 0.482. The van der Waals surface area contributed by atoms with Crippen LogP contribution in [-0.2, 0) is 11.8 Å². The lowest BCUT2D eigenvalue weighted by atomic mass is 9.78. The number of amides is 1. The second-order valence-electron chi connectivity index (χ2n) is 8.19. The Morgan fingerprint density at radius 1 is 1.25 bits per heavy atom. The first-order valence-electron chi connectivity index (χ1n) is 10.4. The van der Waals surface area contributed by atoms with Gasteiger partial charge in [0, 0.05) is 54.8 Å². The van der Waals surface area contributed by atoms with E-state index in [1.165, 1.54) is 0 Å². The van der Waals surface area contributed by atoms with Crippen LogP contribution in [0.3, 0.4) is 0 Å². The van der Waals surface area contributed by atoms with Gasteiger partial charge >= 0.3 is 0 Å². The topological polar surface area (TPSA) is 112 Å². The minimum absolute atomic E-state index is 0.184. The van der Waals surface area contributed by atoms with E-state index < -0.39 is 0 Å². The Morgan fingerprint density at radius 3 is 2.84 bits per heavy atom. The second-order valence-corrected chi connectivity index (χ2v) is 8.19. The first-order valence-corrected chi connectivity index (χ1v) is 10.4. The molecule has 0 unspecified atom stereocenters. The van der Waals surface area contributed by atoms with E-state index in [-0.39, 0.29) is 5.91 Å². The number of carbonyl (C=O) groups is 1. The van der Waals surface area contributed by atoms with Crippen LogP contribution in [0, 0.1) is 6.92 Å². The van der Waals surface area contributed by atoms with E-state index in [0.717, 1.165) is 51.7 Å². The molecule has 0 saturated heterocycles. The van der Waals surface area contributed by atoms with Crippen molar-refractivity contribution in [1.82, 2.24) is 24.7 Å². The molecule has 0 aromatic carbocycles. The van der Waals surface area contributed by atoms with Crippen LogP contribution in [0.15, 0.2) is 60.7 Å². The van der Waals surface area contributed by atoms with Crippen molar-refractivity contribution in [3.8, 4) is 11.3 Å². The zero-order valence-electron chi connectivity index (χ0n) is 17.9. The lowest BCUT2D eigenvalue weighted by Gasteiger charge is -2.27. The van der Waals surface area contributed by atoms with Gasteiger partial charge in [0.15, 0.2) is 0 Å². The summed E-state index contributed by atoms with van der Waals surface area (Å²) in [6.45, 7) is 2.00. The Morgan fingerprint density at radius 2 is 2.09 bits per heavy atom. The van der Waals surface area contributed by atoms with Crippen LogP contribution in [0.2, 0.25) is 0 Å². The predicted molar refractivity (Wildman–Crippen MR) is 124 cm³/mol. The van der Waals surface area contributed by atoms with E-state index in [0.29, 0.717) is 17.6 Å². The molecular weight excluding hydrogens is 402 g/mol. The van der Waals surface area contributed by atoms with Crippen LogP contribution in [0.4, 0.5) is 11.6 Å². The highest BCUT2D eigenvalue weighted by atomic mass is 16.1. The number of carbonyl (C=O) groups excluding carboxylic acids is 1. The fourth-order valence-electron chi connectivity index (χ4n) is 4.01. The minimum Gasteiger partial charge on any atom is -0.383 e. The molecule has 3 N–H and O–H groups in total. The zero-order chi connectivity index (χ0) is 22.2. The number of hydrogen-bond acceptors (Lipinski definition) is 6. The molecule has 1 fully saturated rings. The van der Waals surface area contributed by atoms with E-state index >= 15 is 0 Å². The molecule has 0 bridgehead atoms. The number of aromatic nitrogens is 5. The number of allylic oxidation sites excluding steroid dienone is 1. The molecule has 1 aliphatic carbocycles. The van der Waals surface area contributed by atoms with E-state index in [4.69, 9.17) is 5.73 Å². The second kappa shape index (κ2) is 7.88. The van der Waals surface area contributed by atoms with E-state index in [9.17, 15) is 4.79 Å². The monoisotopic (exact) mass is 425 g/mol. The van der Waals surface area contributed by atoms with Crippen molar-refractivity contribution in [3.63, 3.8) is 0 Å². The Labute approximate surface area is 185 Å². The molecule has 32 heavy (non-hydrogen) atoms. The van der Waals surface area contributed by atoms with Crippen molar-refractivity contribution in [2.75, 3.05) is 11.1 Å². The van der Waals surface area contributed by atoms with Gasteiger partial charge in [-0.3, -0.25) is 14.5 Å². The predicted octanol–water partition coefficient (Wildman–Crippen LogP) is 3.76. The number of nitrogens with two attached hydrogens (primary N) is 1. The molecule has 4 aromatic rings. The highest BCUT2D eigenvalue weighted by Gasteiger charge is 2.27. The smallest absolute Gasteiger partial charge is 0.249 e. The van der Waals surface area contributed by atoms with Gasteiger partial charge in [-0.15, -0.1) is 0 Å². The average molecular weight is 425 g/mol. The molecule has 1 saturated carbocycles. The van der Waals surface area contributed by atoms with E-state index in [1.807, 2.05) is 44.4 Å². The number of nitrogens with zero attached hydrogens (tertiary/aromatic N) is 5. The van der Waals surface area contributed by atoms with Gasteiger partial charge in [-0.2, -0.15) is 5.10 Å². The van der Waals surface area contributed by atoms with Crippen LogP contribution in [0.25, 0.3) is 22.0 Å². The van der Waals surface area contributed by atoms with E-state index in [1.54, 1.807) is 29.3 Å². The third-order valence-corrected chi connectivity index (χ3v) is 5.82. The molecule has 0 radical (unpaired) electrons. The first kappa shape index (κ1) is 19.9. The SMILES string of the molecule is Cc1ccncc1-c1cc2cc(NC(=O)C=C3CC(c4ccn(C)n4)C3)ncc2c(N)n1. The van der Waals surface area contributed by atoms with Crippen LogP contribution in [0.1, 0.15) is 30.0 Å². The number of nitrogens with one attached hydrogen (secondary N) is 1. The molecule has 1 aliphatic rings. The number of aryl methyl sites for hydroxylation is 2. The molecule has 5 rings (SSSR count). The Hall–Kier alpha value is -4.07. The van der Waals surface area contributed by atoms with Crippen LogP contribution >= 0.6 is 0 Å². The Kier molecular flexibility index (Phi) is 4.89. The van der Waals surface area contributed by atoms with Gasteiger partial charge in [-0.05, 0) is 55.0 Å². The highest BCUT2D eigenvalue weighted by molar-refractivity contribution is 6.01. The highest BCUT2D eigenvalue weighted by Crippen LogP contribution is 2.40. The van der Waals surface area contributed by atoms with Gasteiger partial charge in [0.2, 0.25) is 5.91 Å². The maximum absolute atomic E-state index is 12.5. The van der Waals surface area contributed by atoms with Crippen molar-refractivity contribution in [3.05, 3.63) is 72.0 Å². The molecule has 8 heteroatoms. The maximum atomic E-state index is 12.5. The van der Waals surface area contributed by atoms with Crippen molar-refractivity contribution in [2.45, 2.75) is 25.7 Å². The molecule has 0 atom stereocenters. The fourth-order valence-corrected chi connectivity index (χ4v) is 4.01. The van der Waals surface area contributed by atoms with Crippen LogP contribution in [0.5, 0.6) is 0 Å². The van der Waals surface area contributed by atoms with Gasteiger partial charge in [0.1, 0.15) is 11.6 Å². The Balaban J connectivity index is 1.33. The normalized spacial score (nSPS) is 15.4. The molecule has 0 aliphatic heterocycles. The summed E-state index contributed by atoms with van der Waals surface area (Å²) in [4.78, 5) is 25.5. The summed E-state index contributed by atoms with van der Waals surface area (Å²) < 4.78 is 1.80. The molecule has 8 nitrogen and oxygen atoms in total. The number of nitrogen functional groups attached to an aromatic ring is 1. The lowest BCUT2D eigenvalue weighted by Crippen LogP contribution is -2.17. The summed E-state index contributed by atoms with van der Waals surface area (Å²) in [6, 6.07) is 7.72. The first-order chi connectivity index (χ1) is 15.5. The van der Waals surface area contributed by atoms with Gasteiger partial charge in [-0.25, -0.2) is 9.97 Å². The molecule has 160 valence electrons.